The first-order valence-corrected chi connectivity index (χ1v) is 11.4. The van der Waals surface area contributed by atoms with Gasteiger partial charge in [0.05, 0.1) is 12.8 Å². The Balaban J connectivity index is 0.00000289. The Morgan fingerprint density at radius 2 is 1.81 bits per heavy atom. The second kappa shape index (κ2) is 12.8. The predicted molar refractivity (Wildman–Crippen MR) is 137 cm³/mol. The van der Waals surface area contributed by atoms with E-state index in [9.17, 15) is 4.79 Å². The zero-order valence-corrected chi connectivity index (χ0v) is 20.9. The molecule has 4 rings (SSSR count). The molecule has 1 saturated carbocycles. The molecule has 0 spiro atoms. The van der Waals surface area contributed by atoms with Gasteiger partial charge in [0.1, 0.15) is 5.76 Å². The van der Waals surface area contributed by atoms with Crippen molar-refractivity contribution in [3.05, 3.63) is 60.1 Å². The van der Waals surface area contributed by atoms with Crippen molar-refractivity contribution in [2.24, 2.45) is 4.99 Å². The third kappa shape index (κ3) is 8.12. The molecular weight excluding hydrogens is 517 g/mol. The Labute approximate surface area is 207 Å². The molecule has 2 fully saturated rings. The first kappa shape index (κ1) is 24.6. The van der Waals surface area contributed by atoms with E-state index in [0.717, 1.165) is 70.1 Å². The van der Waals surface area contributed by atoms with E-state index in [1.807, 2.05) is 18.2 Å². The van der Waals surface area contributed by atoms with Gasteiger partial charge in [-0.1, -0.05) is 30.3 Å². The molecule has 2 heterocycles. The van der Waals surface area contributed by atoms with Crippen LogP contribution in [0.1, 0.15) is 24.2 Å². The second-order valence-electron chi connectivity index (χ2n) is 8.30. The quantitative estimate of drug-likeness (QED) is 0.285. The Kier molecular flexibility index (Phi) is 9.86. The molecule has 1 aromatic carbocycles. The molecule has 7 nitrogen and oxygen atoms in total. The van der Waals surface area contributed by atoms with Crippen LogP contribution in [-0.4, -0.2) is 73.5 Å². The molecule has 0 bridgehead atoms. The molecule has 1 amide bonds. The molecule has 1 saturated heterocycles. The van der Waals surface area contributed by atoms with Crippen LogP contribution in [0.25, 0.3) is 0 Å². The minimum atomic E-state index is 0. The maximum atomic E-state index is 12.1. The topological polar surface area (TPSA) is 73.1 Å². The number of benzene rings is 1. The monoisotopic (exact) mass is 551 g/mol. The molecular formula is C24H34IN5O2. The summed E-state index contributed by atoms with van der Waals surface area (Å²) < 4.78 is 5.43. The van der Waals surface area contributed by atoms with Gasteiger partial charge >= 0.3 is 0 Å². The lowest BCUT2D eigenvalue weighted by atomic mass is 10.1. The Morgan fingerprint density at radius 3 is 2.50 bits per heavy atom. The average molecular weight is 551 g/mol. The fraction of sp³-hybridized carbons (Fsp3) is 0.500. The molecule has 8 heteroatoms. The van der Waals surface area contributed by atoms with Crippen molar-refractivity contribution in [3.63, 3.8) is 0 Å². The first-order valence-electron chi connectivity index (χ1n) is 11.4. The smallest absolute Gasteiger partial charge is 0.234 e. The molecule has 0 unspecified atom stereocenters. The number of carbonyl (C=O) groups excluding carboxylic acids is 1. The SMILES string of the molecule is I.O=C(CN1CCN(C(=NCCc2ccco2)NCCc2ccccc2)CC1)NC1CC1. The zero-order chi connectivity index (χ0) is 21.3. The van der Waals surface area contributed by atoms with Gasteiger partial charge in [0.2, 0.25) is 5.91 Å². The van der Waals surface area contributed by atoms with E-state index in [1.165, 1.54) is 5.56 Å². The van der Waals surface area contributed by atoms with E-state index in [1.54, 1.807) is 6.26 Å². The lowest BCUT2D eigenvalue weighted by molar-refractivity contribution is -0.122. The van der Waals surface area contributed by atoms with Crippen molar-refractivity contribution in [2.75, 3.05) is 45.8 Å². The lowest BCUT2D eigenvalue weighted by Gasteiger charge is -2.36. The highest BCUT2D eigenvalue weighted by Crippen LogP contribution is 2.18. The van der Waals surface area contributed by atoms with Gasteiger partial charge in [-0.3, -0.25) is 14.7 Å². The largest absolute Gasteiger partial charge is 0.469 e. The van der Waals surface area contributed by atoms with Crippen molar-refractivity contribution < 1.29 is 9.21 Å². The number of aliphatic imine (C=N–C) groups is 1. The van der Waals surface area contributed by atoms with Crippen molar-refractivity contribution in [2.45, 2.75) is 31.7 Å². The number of hydrogen-bond acceptors (Lipinski definition) is 4. The van der Waals surface area contributed by atoms with E-state index >= 15 is 0 Å². The number of piperazine rings is 1. The van der Waals surface area contributed by atoms with Gasteiger partial charge in [-0.15, -0.1) is 24.0 Å². The molecule has 1 aromatic heterocycles. The minimum Gasteiger partial charge on any atom is -0.469 e. The highest BCUT2D eigenvalue weighted by atomic mass is 127. The lowest BCUT2D eigenvalue weighted by Crippen LogP contribution is -2.54. The van der Waals surface area contributed by atoms with Crippen LogP contribution in [0.15, 0.2) is 58.1 Å². The van der Waals surface area contributed by atoms with Gasteiger partial charge in [0.25, 0.3) is 0 Å². The van der Waals surface area contributed by atoms with Gasteiger partial charge < -0.3 is 20.0 Å². The summed E-state index contributed by atoms with van der Waals surface area (Å²) in [7, 11) is 0. The Morgan fingerprint density at radius 1 is 1.03 bits per heavy atom. The fourth-order valence-corrected chi connectivity index (χ4v) is 3.78. The van der Waals surface area contributed by atoms with Crippen molar-refractivity contribution >= 4 is 35.8 Å². The number of nitrogens with zero attached hydrogens (tertiary/aromatic N) is 3. The van der Waals surface area contributed by atoms with E-state index in [0.29, 0.717) is 19.1 Å². The average Bonchev–Trinajstić information content (AvgIpc) is 3.44. The van der Waals surface area contributed by atoms with Gasteiger partial charge in [0.15, 0.2) is 5.96 Å². The summed E-state index contributed by atoms with van der Waals surface area (Å²) in [5.74, 6) is 2.06. The van der Waals surface area contributed by atoms with E-state index in [2.05, 4.69) is 44.7 Å². The summed E-state index contributed by atoms with van der Waals surface area (Å²) in [4.78, 5) is 21.5. The van der Waals surface area contributed by atoms with E-state index in [-0.39, 0.29) is 29.9 Å². The van der Waals surface area contributed by atoms with Crippen molar-refractivity contribution in [1.29, 1.82) is 0 Å². The van der Waals surface area contributed by atoms with Gasteiger partial charge in [0, 0.05) is 51.7 Å². The highest BCUT2D eigenvalue weighted by Gasteiger charge is 2.26. The number of guanidine groups is 1. The molecule has 0 radical (unpaired) electrons. The summed E-state index contributed by atoms with van der Waals surface area (Å²) in [5.41, 5.74) is 1.32. The van der Waals surface area contributed by atoms with Crippen LogP contribution in [0.3, 0.4) is 0 Å². The number of furan rings is 1. The molecule has 1 aliphatic heterocycles. The summed E-state index contributed by atoms with van der Waals surface area (Å²) in [6, 6.07) is 14.8. The van der Waals surface area contributed by atoms with Gasteiger partial charge in [-0.2, -0.15) is 0 Å². The van der Waals surface area contributed by atoms with Crippen LogP contribution in [0.4, 0.5) is 0 Å². The van der Waals surface area contributed by atoms with E-state index in [4.69, 9.17) is 9.41 Å². The maximum absolute atomic E-state index is 12.1. The molecule has 0 atom stereocenters. The summed E-state index contributed by atoms with van der Waals surface area (Å²) in [6.45, 7) is 5.50. The summed E-state index contributed by atoms with van der Waals surface area (Å²) >= 11 is 0. The molecule has 32 heavy (non-hydrogen) atoms. The molecule has 1 aliphatic carbocycles. The Hall–Kier alpha value is -2.07. The molecule has 174 valence electrons. The molecule has 2 aromatic rings. The third-order valence-electron chi connectivity index (χ3n) is 5.72. The van der Waals surface area contributed by atoms with Crippen LogP contribution in [0.5, 0.6) is 0 Å². The third-order valence-corrected chi connectivity index (χ3v) is 5.72. The first-order chi connectivity index (χ1) is 15.3. The fourth-order valence-electron chi connectivity index (χ4n) is 3.78. The number of nitrogens with one attached hydrogen (secondary N) is 2. The number of halogens is 1. The Bertz CT molecular complexity index is 831. The van der Waals surface area contributed by atoms with Crippen LogP contribution in [0.2, 0.25) is 0 Å². The van der Waals surface area contributed by atoms with Crippen LogP contribution in [-0.2, 0) is 17.6 Å². The van der Waals surface area contributed by atoms with Crippen LogP contribution in [0, 0.1) is 0 Å². The number of rotatable bonds is 9. The van der Waals surface area contributed by atoms with Crippen LogP contribution < -0.4 is 10.6 Å². The van der Waals surface area contributed by atoms with Gasteiger partial charge in [-0.25, -0.2) is 0 Å². The highest BCUT2D eigenvalue weighted by molar-refractivity contribution is 14.0. The maximum Gasteiger partial charge on any atom is 0.234 e. The molecule has 2 aliphatic rings. The second-order valence-corrected chi connectivity index (χ2v) is 8.30. The number of carbonyl (C=O) groups is 1. The van der Waals surface area contributed by atoms with Crippen molar-refractivity contribution in [1.82, 2.24) is 20.4 Å². The number of hydrogen-bond donors (Lipinski definition) is 2. The van der Waals surface area contributed by atoms with Crippen molar-refractivity contribution in [3.8, 4) is 0 Å². The minimum absolute atomic E-state index is 0. The van der Waals surface area contributed by atoms with E-state index < -0.39 is 0 Å². The standard InChI is InChI=1S/C24H33N5O2.HI/c30-23(27-21-8-9-21)19-28-14-16-29(17-15-28)24(26-13-11-22-7-4-18-31-22)25-12-10-20-5-2-1-3-6-20;/h1-7,18,21H,8-17,19H2,(H,25,26)(H,27,30);1H. The zero-order valence-electron chi connectivity index (χ0n) is 18.5. The molecule has 2 N–H and O–H groups in total. The van der Waals surface area contributed by atoms with Gasteiger partial charge in [-0.05, 0) is 37.0 Å². The predicted octanol–water partition coefficient (Wildman–Crippen LogP) is 2.52. The van der Waals surface area contributed by atoms with Crippen LogP contribution >= 0.6 is 24.0 Å². The summed E-state index contributed by atoms with van der Waals surface area (Å²) in [6.07, 6.45) is 5.71. The number of amides is 1. The summed E-state index contributed by atoms with van der Waals surface area (Å²) in [5, 5.41) is 6.64. The normalized spacial score (nSPS) is 17.0.